The van der Waals surface area contributed by atoms with Crippen molar-refractivity contribution >= 4 is 16.9 Å². The highest BCUT2D eigenvalue weighted by Crippen LogP contribution is 2.31. The maximum atomic E-state index is 11.5. The first-order valence-electron chi connectivity index (χ1n) is 6.31. The molecule has 3 aromatic rings. The molecule has 2 aromatic heterocycles. The lowest BCUT2D eigenvalue weighted by Crippen LogP contribution is -2.18. The number of nitrogens with zero attached hydrogens (tertiary/aromatic N) is 3. The van der Waals surface area contributed by atoms with Crippen molar-refractivity contribution in [2.24, 2.45) is 0 Å². The molecular formula is C14H13N3O3. The van der Waals surface area contributed by atoms with Gasteiger partial charge in [0.2, 0.25) is 6.39 Å². The van der Waals surface area contributed by atoms with Crippen molar-refractivity contribution in [1.29, 1.82) is 0 Å². The van der Waals surface area contributed by atoms with Gasteiger partial charge in [-0.25, -0.2) is 4.79 Å². The summed E-state index contributed by atoms with van der Waals surface area (Å²) in [4.78, 5) is 11.5. The lowest BCUT2D eigenvalue weighted by Gasteiger charge is -2.16. The van der Waals surface area contributed by atoms with Crippen molar-refractivity contribution in [3.8, 4) is 11.6 Å². The van der Waals surface area contributed by atoms with E-state index in [-0.39, 0.29) is 0 Å². The first kappa shape index (κ1) is 12.4. The third kappa shape index (κ3) is 1.85. The molecule has 0 amide bonds. The zero-order chi connectivity index (χ0) is 14.1. The van der Waals surface area contributed by atoms with E-state index in [4.69, 9.17) is 4.42 Å². The van der Waals surface area contributed by atoms with Crippen LogP contribution in [-0.2, 0) is 4.79 Å². The monoisotopic (exact) mass is 271 g/mol. The van der Waals surface area contributed by atoms with Gasteiger partial charge in [0.05, 0.1) is 0 Å². The van der Waals surface area contributed by atoms with Crippen LogP contribution in [0.4, 0.5) is 0 Å². The Bertz CT molecular complexity index is 746. The van der Waals surface area contributed by atoms with Gasteiger partial charge in [0.25, 0.3) is 5.89 Å². The molecule has 0 aliphatic heterocycles. The van der Waals surface area contributed by atoms with Crippen LogP contribution < -0.4 is 0 Å². The first-order valence-corrected chi connectivity index (χ1v) is 6.31. The fourth-order valence-electron chi connectivity index (χ4n) is 2.43. The average molecular weight is 271 g/mol. The van der Waals surface area contributed by atoms with Crippen molar-refractivity contribution in [3.05, 3.63) is 36.7 Å². The van der Waals surface area contributed by atoms with E-state index in [0.29, 0.717) is 18.0 Å². The van der Waals surface area contributed by atoms with Gasteiger partial charge in [-0.1, -0.05) is 25.1 Å². The minimum atomic E-state index is -0.880. The van der Waals surface area contributed by atoms with Gasteiger partial charge >= 0.3 is 5.97 Å². The summed E-state index contributed by atoms with van der Waals surface area (Å²) in [6, 6.07) is 8.81. The van der Waals surface area contributed by atoms with Crippen molar-refractivity contribution in [2.45, 2.75) is 19.4 Å². The number of benzene rings is 1. The number of para-hydroxylation sites is 1. The largest absolute Gasteiger partial charge is 0.480 e. The molecule has 0 aliphatic carbocycles. The molecule has 2 heterocycles. The van der Waals surface area contributed by atoms with Crippen molar-refractivity contribution in [2.75, 3.05) is 0 Å². The standard InChI is InChI=1S/C14H13N3O3/c1-2-10(14(18)19)17-11-6-4-3-5-9(11)7-12(17)13-16-15-8-20-13/h3-8,10H,2H2,1H3,(H,18,19). The molecule has 0 bridgehead atoms. The van der Waals surface area contributed by atoms with Crippen molar-refractivity contribution < 1.29 is 14.3 Å². The van der Waals surface area contributed by atoms with Crippen LogP contribution in [0.5, 0.6) is 0 Å². The quantitative estimate of drug-likeness (QED) is 0.789. The summed E-state index contributed by atoms with van der Waals surface area (Å²) in [5.74, 6) is -0.560. The Morgan fingerprint density at radius 3 is 2.90 bits per heavy atom. The number of carbonyl (C=O) groups is 1. The smallest absolute Gasteiger partial charge is 0.326 e. The second-order valence-electron chi connectivity index (χ2n) is 4.46. The molecule has 0 fully saturated rings. The van der Waals surface area contributed by atoms with Crippen LogP contribution in [0, 0.1) is 0 Å². The molecule has 1 unspecified atom stereocenters. The number of aromatic nitrogens is 3. The SMILES string of the molecule is CCC(C(=O)O)n1c(-c2nnco2)cc2ccccc21. The van der Waals surface area contributed by atoms with Crippen LogP contribution in [0.25, 0.3) is 22.5 Å². The van der Waals surface area contributed by atoms with E-state index in [2.05, 4.69) is 10.2 Å². The molecule has 0 saturated carbocycles. The number of carboxylic acid groups (broad SMARTS) is 1. The van der Waals surface area contributed by atoms with Gasteiger partial charge in [0.15, 0.2) is 0 Å². The van der Waals surface area contributed by atoms with Crippen LogP contribution in [0.2, 0.25) is 0 Å². The fourth-order valence-corrected chi connectivity index (χ4v) is 2.43. The summed E-state index contributed by atoms with van der Waals surface area (Å²) < 4.78 is 6.97. The topological polar surface area (TPSA) is 81.1 Å². The number of carboxylic acids is 1. The van der Waals surface area contributed by atoms with E-state index >= 15 is 0 Å². The molecule has 1 atom stereocenters. The lowest BCUT2D eigenvalue weighted by molar-refractivity contribution is -0.140. The molecule has 0 spiro atoms. The Hall–Kier alpha value is -2.63. The van der Waals surface area contributed by atoms with Crippen molar-refractivity contribution in [3.63, 3.8) is 0 Å². The summed E-state index contributed by atoms with van der Waals surface area (Å²) in [5.41, 5.74) is 1.47. The molecule has 20 heavy (non-hydrogen) atoms. The molecule has 6 nitrogen and oxygen atoms in total. The number of fused-ring (bicyclic) bond motifs is 1. The highest BCUT2D eigenvalue weighted by atomic mass is 16.4. The third-order valence-corrected chi connectivity index (χ3v) is 3.31. The Morgan fingerprint density at radius 2 is 2.25 bits per heavy atom. The van der Waals surface area contributed by atoms with Crippen molar-refractivity contribution in [1.82, 2.24) is 14.8 Å². The fraction of sp³-hybridized carbons (Fsp3) is 0.214. The van der Waals surface area contributed by atoms with E-state index in [1.807, 2.05) is 37.3 Å². The van der Waals surface area contributed by atoms with E-state index < -0.39 is 12.0 Å². The predicted molar refractivity (Wildman–Crippen MR) is 72.2 cm³/mol. The Morgan fingerprint density at radius 1 is 1.45 bits per heavy atom. The second kappa shape index (κ2) is 4.80. The van der Waals surface area contributed by atoms with E-state index in [9.17, 15) is 9.90 Å². The summed E-state index contributed by atoms with van der Waals surface area (Å²) in [6.45, 7) is 1.84. The average Bonchev–Trinajstić information content (AvgIpc) is 3.06. The van der Waals surface area contributed by atoms with Crippen LogP contribution in [0.15, 0.2) is 41.1 Å². The van der Waals surface area contributed by atoms with Gasteiger partial charge < -0.3 is 14.1 Å². The Labute approximate surface area is 114 Å². The number of hydrogen-bond donors (Lipinski definition) is 1. The van der Waals surface area contributed by atoms with Gasteiger partial charge in [-0.15, -0.1) is 10.2 Å². The Kier molecular flexibility index (Phi) is 2.98. The molecular weight excluding hydrogens is 258 g/mol. The Balaban J connectivity index is 2.31. The molecule has 102 valence electrons. The minimum Gasteiger partial charge on any atom is -0.480 e. The van der Waals surface area contributed by atoms with Gasteiger partial charge in [0.1, 0.15) is 11.7 Å². The lowest BCUT2D eigenvalue weighted by atomic mass is 10.2. The second-order valence-corrected chi connectivity index (χ2v) is 4.46. The molecule has 0 radical (unpaired) electrons. The van der Waals surface area contributed by atoms with Gasteiger partial charge in [-0.3, -0.25) is 0 Å². The normalized spacial score (nSPS) is 12.7. The minimum absolute atomic E-state index is 0.320. The molecule has 1 aromatic carbocycles. The molecule has 0 saturated heterocycles. The highest BCUT2D eigenvalue weighted by molar-refractivity contribution is 5.88. The van der Waals surface area contributed by atoms with Gasteiger partial charge in [-0.2, -0.15) is 0 Å². The zero-order valence-corrected chi connectivity index (χ0v) is 10.9. The maximum Gasteiger partial charge on any atom is 0.326 e. The number of hydrogen-bond acceptors (Lipinski definition) is 4. The molecule has 1 N–H and O–H groups in total. The molecule has 6 heteroatoms. The van der Waals surface area contributed by atoms with Crippen LogP contribution in [0.1, 0.15) is 19.4 Å². The number of aliphatic carboxylic acids is 1. The summed E-state index contributed by atoms with van der Waals surface area (Å²) in [5, 5.41) is 17.9. The predicted octanol–water partition coefficient (Wildman–Crippen LogP) is 2.73. The third-order valence-electron chi connectivity index (χ3n) is 3.31. The summed E-state index contributed by atoms with van der Waals surface area (Å²) in [6.07, 6.45) is 1.70. The summed E-state index contributed by atoms with van der Waals surface area (Å²) >= 11 is 0. The zero-order valence-electron chi connectivity index (χ0n) is 10.9. The van der Waals surface area contributed by atoms with E-state index in [0.717, 1.165) is 10.9 Å². The van der Waals surface area contributed by atoms with E-state index in [1.54, 1.807) is 4.57 Å². The number of rotatable bonds is 4. The van der Waals surface area contributed by atoms with Crippen LogP contribution in [0.3, 0.4) is 0 Å². The first-order chi connectivity index (χ1) is 9.72. The van der Waals surface area contributed by atoms with Gasteiger partial charge in [-0.05, 0) is 18.6 Å². The molecule has 0 aliphatic rings. The highest BCUT2D eigenvalue weighted by Gasteiger charge is 2.24. The maximum absolute atomic E-state index is 11.5. The van der Waals surface area contributed by atoms with Gasteiger partial charge in [0, 0.05) is 10.9 Å². The summed E-state index contributed by atoms with van der Waals surface area (Å²) in [7, 11) is 0. The van der Waals surface area contributed by atoms with Crippen LogP contribution >= 0.6 is 0 Å². The van der Waals surface area contributed by atoms with Crippen LogP contribution in [-0.4, -0.2) is 25.8 Å². The molecule has 3 rings (SSSR count). The van der Waals surface area contributed by atoms with E-state index in [1.165, 1.54) is 6.39 Å².